The van der Waals surface area contributed by atoms with E-state index in [0.717, 1.165) is 12.3 Å². The van der Waals surface area contributed by atoms with Gasteiger partial charge in [0.05, 0.1) is 4.90 Å². The van der Waals surface area contributed by atoms with Crippen LogP contribution < -0.4 is 0 Å². The lowest BCUT2D eigenvalue weighted by molar-refractivity contribution is 0.135. The number of hydrogen-bond donors (Lipinski definition) is 0. The topological polar surface area (TPSA) is 37.4 Å². The third kappa shape index (κ3) is 6.18. The van der Waals surface area contributed by atoms with E-state index in [9.17, 15) is 8.42 Å². The van der Waals surface area contributed by atoms with Gasteiger partial charge in [-0.1, -0.05) is 51.0 Å². The molecule has 1 aliphatic rings. The molecule has 1 aromatic rings. The zero-order chi connectivity index (χ0) is 20.2. The zero-order valence-electron chi connectivity index (χ0n) is 18.0. The van der Waals surface area contributed by atoms with Crippen LogP contribution in [0.1, 0.15) is 65.9 Å². The Morgan fingerprint density at radius 2 is 1.74 bits per heavy atom. The molecule has 0 spiro atoms. The van der Waals surface area contributed by atoms with E-state index in [4.69, 9.17) is 0 Å². The Bertz CT molecular complexity index is 735. The van der Waals surface area contributed by atoms with Gasteiger partial charge in [0.1, 0.15) is 0 Å². The number of piperidine rings is 1. The number of hydrogen-bond acceptors (Lipinski definition) is 3. The quantitative estimate of drug-likeness (QED) is 0.598. The molecular weight excluding hydrogens is 354 g/mol. The first-order valence-electron chi connectivity index (χ1n) is 10.2. The lowest BCUT2D eigenvalue weighted by atomic mass is 9.78. The lowest BCUT2D eigenvalue weighted by Crippen LogP contribution is -2.43. The van der Waals surface area contributed by atoms with Gasteiger partial charge in [-0.3, -0.25) is 4.90 Å². The van der Waals surface area contributed by atoms with Gasteiger partial charge < -0.3 is 0 Å². The number of sulfone groups is 1. The summed E-state index contributed by atoms with van der Waals surface area (Å²) in [6.07, 6.45) is 8.60. The summed E-state index contributed by atoms with van der Waals surface area (Å²) >= 11 is 0. The summed E-state index contributed by atoms with van der Waals surface area (Å²) in [6.45, 7) is 13.6. The number of benzene rings is 1. The summed E-state index contributed by atoms with van der Waals surface area (Å²) in [7, 11) is -3.15. The van der Waals surface area contributed by atoms with Crippen LogP contribution in [0.2, 0.25) is 0 Å². The van der Waals surface area contributed by atoms with Gasteiger partial charge in [-0.25, -0.2) is 8.42 Å². The van der Waals surface area contributed by atoms with Crippen molar-refractivity contribution in [3.05, 3.63) is 41.5 Å². The minimum absolute atomic E-state index is 0.0196. The normalized spacial score (nSPS) is 18.3. The molecule has 1 aromatic carbocycles. The molecule has 0 radical (unpaired) electrons. The average Bonchev–Trinajstić information content (AvgIpc) is 2.60. The fourth-order valence-electron chi connectivity index (χ4n) is 4.17. The SMILES string of the molecule is CCC1CCN(C(C=C(C)C)CC(C)(C)c2ccc(S(C)(=O)=O)cc2)CC1. The van der Waals surface area contributed by atoms with Crippen molar-refractivity contribution >= 4 is 9.84 Å². The van der Waals surface area contributed by atoms with Crippen molar-refractivity contribution in [2.45, 2.75) is 76.7 Å². The molecule has 0 saturated carbocycles. The third-order valence-electron chi connectivity index (χ3n) is 6.00. The Balaban J connectivity index is 2.18. The van der Waals surface area contributed by atoms with Crippen LogP contribution in [0.5, 0.6) is 0 Å². The third-order valence-corrected chi connectivity index (χ3v) is 7.13. The molecule has 4 heteroatoms. The molecule has 152 valence electrons. The molecule has 0 N–H and O–H groups in total. The second-order valence-corrected chi connectivity index (χ2v) is 11.1. The highest BCUT2D eigenvalue weighted by Crippen LogP contribution is 2.33. The van der Waals surface area contributed by atoms with Crippen molar-refractivity contribution in [3.63, 3.8) is 0 Å². The first kappa shape index (κ1) is 22.2. The Hall–Kier alpha value is -1.13. The number of likely N-dealkylation sites (tertiary alicyclic amines) is 1. The highest BCUT2D eigenvalue weighted by molar-refractivity contribution is 7.90. The molecule has 3 nitrogen and oxygen atoms in total. The van der Waals surface area contributed by atoms with Crippen LogP contribution >= 0.6 is 0 Å². The molecule has 2 rings (SSSR count). The van der Waals surface area contributed by atoms with E-state index in [2.05, 4.69) is 45.6 Å². The van der Waals surface area contributed by atoms with Gasteiger partial charge in [-0.15, -0.1) is 0 Å². The molecule has 0 amide bonds. The maximum Gasteiger partial charge on any atom is 0.175 e. The molecule has 1 fully saturated rings. The Morgan fingerprint density at radius 3 is 2.19 bits per heavy atom. The first-order valence-corrected chi connectivity index (χ1v) is 12.1. The maximum absolute atomic E-state index is 11.7. The average molecular weight is 392 g/mol. The van der Waals surface area contributed by atoms with Crippen molar-refractivity contribution in [3.8, 4) is 0 Å². The van der Waals surface area contributed by atoms with Crippen molar-refractivity contribution < 1.29 is 8.42 Å². The summed E-state index contributed by atoms with van der Waals surface area (Å²) in [5.74, 6) is 0.880. The van der Waals surface area contributed by atoms with Crippen molar-refractivity contribution in [2.24, 2.45) is 5.92 Å². The van der Waals surface area contributed by atoms with E-state index in [1.54, 1.807) is 12.1 Å². The number of rotatable bonds is 7. The molecule has 1 aliphatic heterocycles. The van der Waals surface area contributed by atoms with E-state index in [-0.39, 0.29) is 5.41 Å². The fourth-order valence-corrected chi connectivity index (χ4v) is 4.80. The van der Waals surface area contributed by atoms with Crippen molar-refractivity contribution in [1.29, 1.82) is 0 Å². The summed E-state index contributed by atoms with van der Waals surface area (Å²) in [5.41, 5.74) is 2.54. The Morgan fingerprint density at radius 1 is 1.19 bits per heavy atom. The molecule has 1 unspecified atom stereocenters. The van der Waals surface area contributed by atoms with Gasteiger partial charge in [0.15, 0.2) is 9.84 Å². The van der Waals surface area contributed by atoms with Crippen molar-refractivity contribution in [1.82, 2.24) is 4.90 Å². The number of allylic oxidation sites excluding steroid dienone is 1. The standard InChI is InChI=1S/C23H37NO2S/c1-7-19-12-14-24(15-13-19)21(16-18(2)3)17-23(4,5)20-8-10-22(11-9-20)27(6,25)26/h8-11,16,19,21H,7,12-15,17H2,1-6H3. The van der Waals surface area contributed by atoms with Crippen LogP contribution in [0.4, 0.5) is 0 Å². The fraction of sp³-hybridized carbons (Fsp3) is 0.652. The van der Waals surface area contributed by atoms with Gasteiger partial charge in [0.25, 0.3) is 0 Å². The summed E-state index contributed by atoms with van der Waals surface area (Å²) in [4.78, 5) is 3.04. The minimum Gasteiger partial charge on any atom is -0.297 e. The van der Waals surface area contributed by atoms with Crippen LogP contribution in [0.25, 0.3) is 0 Å². The second-order valence-electron chi connectivity index (χ2n) is 9.08. The van der Waals surface area contributed by atoms with E-state index >= 15 is 0 Å². The summed E-state index contributed by atoms with van der Waals surface area (Å²) in [6, 6.07) is 7.89. The van der Waals surface area contributed by atoms with Gasteiger partial charge in [0, 0.05) is 12.3 Å². The molecule has 0 aromatic heterocycles. The molecule has 27 heavy (non-hydrogen) atoms. The molecule has 0 aliphatic carbocycles. The van der Waals surface area contributed by atoms with E-state index < -0.39 is 9.84 Å². The highest BCUT2D eigenvalue weighted by Gasteiger charge is 2.30. The van der Waals surface area contributed by atoms with E-state index in [1.165, 1.54) is 49.7 Å². The Labute approximate surface area is 166 Å². The Kier molecular flexibility index (Phi) is 7.32. The smallest absolute Gasteiger partial charge is 0.175 e. The predicted octanol–water partition coefficient (Wildman–Crippen LogP) is 5.21. The summed E-state index contributed by atoms with van der Waals surface area (Å²) < 4.78 is 23.5. The van der Waals surface area contributed by atoms with Crippen LogP contribution in [-0.4, -0.2) is 38.7 Å². The molecule has 1 saturated heterocycles. The predicted molar refractivity (Wildman–Crippen MR) is 115 cm³/mol. The van der Waals surface area contributed by atoms with Crippen LogP contribution in [0.3, 0.4) is 0 Å². The molecular formula is C23H37NO2S. The van der Waals surface area contributed by atoms with Crippen LogP contribution in [0.15, 0.2) is 40.8 Å². The molecule has 0 bridgehead atoms. The van der Waals surface area contributed by atoms with E-state index in [0.29, 0.717) is 10.9 Å². The first-order chi connectivity index (χ1) is 12.5. The monoisotopic (exact) mass is 391 g/mol. The van der Waals surface area contributed by atoms with E-state index in [1.807, 2.05) is 12.1 Å². The van der Waals surface area contributed by atoms with Gasteiger partial charge >= 0.3 is 0 Å². The largest absolute Gasteiger partial charge is 0.297 e. The maximum atomic E-state index is 11.7. The molecule has 1 atom stereocenters. The van der Waals surface area contributed by atoms with Crippen LogP contribution in [-0.2, 0) is 15.3 Å². The van der Waals surface area contributed by atoms with Gasteiger partial charge in [-0.2, -0.15) is 0 Å². The lowest BCUT2D eigenvalue weighted by Gasteiger charge is -2.40. The van der Waals surface area contributed by atoms with Gasteiger partial charge in [0.2, 0.25) is 0 Å². The number of nitrogens with zero attached hydrogens (tertiary/aromatic N) is 1. The van der Waals surface area contributed by atoms with Crippen molar-refractivity contribution in [2.75, 3.05) is 19.3 Å². The second kappa shape index (κ2) is 8.91. The van der Waals surface area contributed by atoms with Gasteiger partial charge in [-0.05, 0) is 75.2 Å². The minimum atomic E-state index is -3.15. The molecule has 1 heterocycles. The zero-order valence-corrected chi connectivity index (χ0v) is 18.8. The summed E-state index contributed by atoms with van der Waals surface area (Å²) in [5, 5.41) is 0. The highest BCUT2D eigenvalue weighted by atomic mass is 32.2. The van der Waals surface area contributed by atoms with Crippen LogP contribution in [0, 0.1) is 5.92 Å².